The molecule has 3 N–H and O–H groups in total. The molecule has 0 aliphatic heterocycles. The lowest BCUT2D eigenvalue weighted by molar-refractivity contribution is 0.0946. The molecule has 1 unspecified atom stereocenters. The van der Waals surface area contributed by atoms with Crippen LogP contribution in [0.15, 0.2) is 34.9 Å². The molecule has 0 spiro atoms. The normalized spacial score (nSPS) is 12.1. The molecule has 2 rings (SSSR count). The van der Waals surface area contributed by atoms with Crippen LogP contribution in [0.5, 0.6) is 0 Å². The molecule has 0 saturated carbocycles. The number of hydrogen-bond donors (Lipinski definition) is 2. The van der Waals surface area contributed by atoms with E-state index in [0.717, 1.165) is 22.0 Å². The minimum Gasteiger partial charge on any atom is -0.446 e. The number of rotatable bonds is 6. The van der Waals surface area contributed by atoms with Gasteiger partial charge in [-0.3, -0.25) is 4.79 Å². The first-order chi connectivity index (χ1) is 10.1. The number of carbonyl (C=O) groups excluding carboxylic acids is 1. The smallest absolute Gasteiger partial charge is 0.273 e. The van der Waals surface area contributed by atoms with Gasteiger partial charge in [0, 0.05) is 10.1 Å². The number of nitrogens with two attached hydrogens (primary N) is 1. The van der Waals surface area contributed by atoms with Crippen LogP contribution in [0.1, 0.15) is 47.7 Å². The fraction of sp³-hybridized carbons (Fsp3) is 0.333. The summed E-state index contributed by atoms with van der Waals surface area (Å²) in [4.78, 5) is 16.2. The van der Waals surface area contributed by atoms with E-state index in [0.29, 0.717) is 12.4 Å². The molecule has 2 aromatic rings. The molecular formula is C15H18IN3O2. The first-order valence-electron chi connectivity index (χ1n) is 6.83. The second-order valence-electron chi connectivity index (χ2n) is 4.78. The molecule has 6 heteroatoms. The van der Waals surface area contributed by atoms with Crippen molar-refractivity contribution in [3.63, 3.8) is 0 Å². The standard InChI is InChI=1S/C15H18IN3O2/c1-2-4-12(17)15-19-13(9-21-15)14(20)18-8-10-5-3-6-11(16)7-10/h3,5-7,9,12H,2,4,8,17H2,1H3,(H,18,20). The Hall–Kier alpha value is -1.41. The second kappa shape index (κ2) is 7.56. The number of amides is 1. The van der Waals surface area contributed by atoms with Crippen LogP contribution >= 0.6 is 22.6 Å². The molecule has 21 heavy (non-hydrogen) atoms. The third-order valence-electron chi connectivity index (χ3n) is 3.01. The zero-order valence-corrected chi connectivity index (χ0v) is 14.0. The average molecular weight is 399 g/mol. The Labute approximate surface area is 137 Å². The number of halogens is 1. The number of oxazole rings is 1. The average Bonchev–Trinajstić information content (AvgIpc) is 2.95. The van der Waals surface area contributed by atoms with Gasteiger partial charge >= 0.3 is 0 Å². The maximum absolute atomic E-state index is 12.0. The van der Waals surface area contributed by atoms with Crippen LogP contribution in [-0.4, -0.2) is 10.9 Å². The summed E-state index contributed by atoms with van der Waals surface area (Å²) in [5.74, 6) is 0.156. The quantitative estimate of drug-likeness (QED) is 0.732. The van der Waals surface area contributed by atoms with E-state index in [1.807, 2.05) is 31.2 Å². The fourth-order valence-electron chi connectivity index (χ4n) is 1.92. The van der Waals surface area contributed by atoms with Gasteiger partial charge in [0.15, 0.2) is 5.69 Å². The van der Waals surface area contributed by atoms with Crippen molar-refractivity contribution < 1.29 is 9.21 Å². The molecule has 0 aliphatic carbocycles. The van der Waals surface area contributed by atoms with E-state index < -0.39 is 0 Å². The van der Waals surface area contributed by atoms with E-state index in [4.69, 9.17) is 10.2 Å². The second-order valence-corrected chi connectivity index (χ2v) is 6.02. The zero-order chi connectivity index (χ0) is 15.2. The van der Waals surface area contributed by atoms with Crippen LogP contribution in [0.3, 0.4) is 0 Å². The fourth-order valence-corrected chi connectivity index (χ4v) is 2.52. The van der Waals surface area contributed by atoms with Gasteiger partial charge in [0.2, 0.25) is 5.89 Å². The van der Waals surface area contributed by atoms with E-state index in [1.165, 1.54) is 6.26 Å². The zero-order valence-electron chi connectivity index (χ0n) is 11.8. The molecule has 1 atom stereocenters. The van der Waals surface area contributed by atoms with E-state index in [-0.39, 0.29) is 17.6 Å². The molecule has 5 nitrogen and oxygen atoms in total. The van der Waals surface area contributed by atoms with Crippen LogP contribution in [0.25, 0.3) is 0 Å². The Balaban J connectivity index is 1.94. The van der Waals surface area contributed by atoms with Gasteiger partial charge in [-0.1, -0.05) is 25.5 Å². The maximum atomic E-state index is 12.0. The molecule has 1 amide bonds. The Morgan fingerprint density at radius 2 is 2.33 bits per heavy atom. The van der Waals surface area contributed by atoms with E-state index >= 15 is 0 Å². The molecule has 112 valence electrons. The van der Waals surface area contributed by atoms with Crippen LogP contribution in [0, 0.1) is 3.57 Å². The van der Waals surface area contributed by atoms with Gasteiger partial charge in [-0.25, -0.2) is 4.98 Å². The predicted octanol–water partition coefficient (Wildman–Crippen LogP) is 3.01. The third kappa shape index (κ3) is 4.53. The van der Waals surface area contributed by atoms with Crippen molar-refractivity contribution >= 4 is 28.5 Å². The highest BCUT2D eigenvalue weighted by Crippen LogP contribution is 2.15. The van der Waals surface area contributed by atoms with Crippen molar-refractivity contribution in [2.24, 2.45) is 5.73 Å². The van der Waals surface area contributed by atoms with Crippen LogP contribution in [0.2, 0.25) is 0 Å². The van der Waals surface area contributed by atoms with Crippen molar-refractivity contribution in [2.45, 2.75) is 32.4 Å². The first kappa shape index (κ1) is 16.0. The molecule has 1 aromatic carbocycles. The topological polar surface area (TPSA) is 81.1 Å². The maximum Gasteiger partial charge on any atom is 0.273 e. The van der Waals surface area contributed by atoms with Crippen LogP contribution < -0.4 is 11.1 Å². The van der Waals surface area contributed by atoms with E-state index in [2.05, 4.69) is 32.9 Å². The van der Waals surface area contributed by atoms with Crippen molar-refractivity contribution in [3.05, 3.63) is 51.2 Å². The molecule has 0 saturated heterocycles. The lowest BCUT2D eigenvalue weighted by Gasteiger charge is -2.04. The third-order valence-corrected chi connectivity index (χ3v) is 3.68. The van der Waals surface area contributed by atoms with Gasteiger partial charge < -0.3 is 15.5 Å². The summed E-state index contributed by atoms with van der Waals surface area (Å²) >= 11 is 2.24. The van der Waals surface area contributed by atoms with Crippen molar-refractivity contribution in [2.75, 3.05) is 0 Å². The number of hydrogen-bond acceptors (Lipinski definition) is 4. The summed E-state index contributed by atoms with van der Waals surface area (Å²) < 4.78 is 6.41. The minimum absolute atomic E-state index is 0.257. The lowest BCUT2D eigenvalue weighted by atomic mass is 10.2. The Morgan fingerprint density at radius 1 is 1.52 bits per heavy atom. The van der Waals surface area contributed by atoms with Gasteiger partial charge in [0.25, 0.3) is 5.91 Å². The lowest BCUT2D eigenvalue weighted by Crippen LogP contribution is -2.23. The predicted molar refractivity (Wildman–Crippen MR) is 88.7 cm³/mol. The summed E-state index contributed by atoms with van der Waals surface area (Å²) in [6.07, 6.45) is 3.08. The van der Waals surface area contributed by atoms with Gasteiger partial charge in [-0.2, -0.15) is 0 Å². The van der Waals surface area contributed by atoms with Crippen LogP contribution in [-0.2, 0) is 6.54 Å². The van der Waals surface area contributed by atoms with Crippen LogP contribution in [0.4, 0.5) is 0 Å². The summed E-state index contributed by atoms with van der Waals surface area (Å²) in [7, 11) is 0. The number of nitrogens with zero attached hydrogens (tertiary/aromatic N) is 1. The Morgan fingerprint density at radius 3 is 3.05 bits per heavy atom. The summed E-state index contributed by atoms with van der Waals surface area (Å²) in [5.41, 5.74) is 7.22. The highest BCUT2D eigenvalue weighted by molar-refractivity contribution is 14.1. The van der Waals surface area contributed by atoms with Gasteiger partial charge in [0.05, 0.1) is 6.04 Å². The number of aromatic nitrogens is 1. The summed E-state index contributed by atoms with van der Waals surface area (Å²) in [5, 5.41) is 2.82. The highest BCUT2D eigenvalue weighted by atomic mass is 127. The van der Waals surface area contributed by atoms with Gasteiger partial charge in [0.1, 0.15) is 6.26 Å². The number of carbonyl (C=O) groups is 1. The molecule has 0 aliphatic rings. The van der Waals surface area contributed by atoms with Crippen molar-refractivity contribution in [3.8, 4) is 0 Å². The number of benzene rings is 1. The van der Waals surface area contributed by atoms with E-state index in [9.17, 15) is 4.79 Å². The summed E-state index contributed by atoms with van der Waals surface area (Å²) in [6.45, 7) is 2.50. The molecular weight excluding hydrogens is 381 g/mol. The van der Waals surface area contributed by atoms with E-state index in [1.54, 1.807) is 0 Å². The summed E-state index contributed by atoms with van der Waals surface area (Å²) in [6, 6.07) is 7.69. The Kier molecular flexibility index (Phi) is 5.75. The SMILES string of the molecule is CCCC(N)c1nc(C(=O)NCc2cccc(I)c2)co1. The largest absolute Gasteiger partial charge is 0.446 e. The highest BCUT2D eigenvalue weighted by Gasteiger charge is 2.16. The Bertz CT molecular complexity index is 612. The molecule has 0 fully saturated rings. The first-order valence-corrected chi connectivity index (χ1v) is 7.91. The molecule has 0 bridgehead atoms. The van der Waals surface area contributed by atoms with Crippen molar-refractivity contribution in [1.29, 1.82) is 0 Å². The van der Waals surface area contributed by atoms with Gasteiger partial charge in [-0.05, 0) is 46.7 Å². The van der Waals surface area contributed by atoms with Gasteiger partial charge in [-0.15, -0.1) is 0 Å². The van der Waals surface area contributed by atoms with Crippen molar-refractivity contribution in [1.82, 2.24) is 10.3 Å². The molecule has 1 heterocycles. The monoisotopic (exact) mass is 399 g/mol. The molecule has 0 radical (unpaired) electrons. The number of nitrogens with one attached hydrogen (secondary N) is 1. The minimum atomic E-state index is -0.257. The molecule has 1 aromatic heterocycles.